The van der Waals surface area contributed by atoms with E-state index in [-0.39, 0.29) is 6.92 Å². The molecule has 0 unspecified atom stereocenters. The maximum Gasteiger partial charge on any atom is 0.431 e. The molecule has 0 spiro atoms. The fraction of sp³-hybridized carbons (Fsp3) is 0.200. The Bertz CT molecular complexity index is 1340. The third kappa shape index (κ3) is 2.88. The summed E-state index contributed by atoms with van der Waals surface area (Å²) in [7, 11) is 0. The fourth-order valence-electron chi connectivity index (χ4n) is 6.25. The van der Waals surface area contributed by atoms with Gasteiger partial charge in [0, 0.05) is 28.1 Å². The van der Waals surface area contributed by atoms with Gasteiger partial charge in [0.25, 0.3) is 0 Å². The molecule has 1 fully saturated rings. The molecule has 2 nitrogen and oxygen atoms in total. The van der Waals surface area contributed by atoms with Crippen molar-refractivity contribution in [1.29, 1.82) is 0 Å². The first-order valence-corrected chi connectivity index (χ1v) is 12.3. The van der Waals surface area contributed by atoms with Gasteiger partial charge in [-0.25, -0.2) is 0 Å². The van der Waals surface area contributed by atoms with Gasteiger partial charge in [0.2, 0.25) is 0 Å². The predicted molar refractivity (Wildman–Crippen MR) is 138 cm³/mol. The summed E-state index contributed by atoms with van der Waals surface area (Å²) in [4.78, 5) is 2.45. The summed E-state index contributed by atoms with van der Waals surface area (Å²) in [5.41, 5.74) is 10.3. The Hall–Kier alpha value is -3.46. The van der Waals surface area contributed by atoms with E-state index >= 15 is 0 Å². The first kappa shape index (κ1) is 19.1. The Kier molecular flexibility index (Phi) is 4.36. The molecule has 0 atom stereocenters. The van der Waals surface area contributed by atoms with Gasteiger partial charge >= 0.3 is 6.92 Å². The van der Waals surface area contributed by atoms with E-state index in [2.05, 4.69) is 95.9 Å². The second-order valence-electron chi connectivity index (χ2n) is 9.52. The maximum absolute atomic E-state index is 6.86. The van der Waals surface area contributed by atoms with E-state index in [1.165, 1.54) is 76.8 Å². The van der Waals surface area contributed by atoms with Crippen molar-refractivity contribution in [2.75, 3.05) is 4.90 Å². The summed E-state index contributed by atoms with van der Waals surface area (Å²) in [6.45, 7) is -0.0702. The van der Waals surface area contributed by atoms with Gasteiger partial charge in [-0.15, -0.1) is 0 Å². The van der Waals surface area contributed by atoms with Crippen LogP contribution in [0.4, 0.5) is 17.1 Å². The number of hydrogen-bond donors (Lipinski definition) is 0. The van der Waals surface area contributed by atoms with Crippen molar-refractivity contribution < 1.29 is 4.65 Å². The number of hydrogen-bond acceptors (Lipinski definition) is 2. The summed E-state index contributed by atoms with van der Waals surface area (Å²) in [6.07, 6.45) is 6.57. The van der Waals surface area contributed by atoms with Crippen LogP contribution in [0.15, 0.2) is 91.0 Å². The summed E-state index contributed by atoms with van der Waals surface area (Å²) in [5, 5.41) is 0. The van der Waals surface area contributed by atoms with E-state index in [1.54, 1.807) is 0 Å². The van der Waals surface area contributed by atoms with Crippen molar-refractivity contribution in [2.24, 2.45) is 0 Å². The smallest absolute Gasteiger partial charge is 0.431 e. The molecular weight excluding hydrogens is 401 g/mol. The van der Waals surface area contributed by atoms with Gasteiger partial charge in [-0.2, -0.15) is 0 Å². The molecule has 4 aromatic rings. The maximum atomic E-state index is 6.86. The van der Waals surface area contributed by atoms with Gasteiger partial charge in [0.1, 0.15) is 5.75 Å². The lowest BCUT2D eigenvalue weighted by Gasteiger charge is -2.41. The molecule has 160 valence electrons. The molecule has 0 radical (unpaired) electrons. The second-order valence-corrected chi connectivity index (χ2v) is 9.52. The lowest BCUT2D eigenvalue weighted by Crippen LogP contribution is -2.57. The number of anilines is 3. The zero-order chi connectivity index (χ0) is 21.8. The highest BCUT2D eigenvalue weighted by molar-refractivity contribution is 6.86. The van der Waals surface area contributed by atoms with Gasteiger partial charge < -0.3 is 9.55 Å². The molecular formula is C30H26BNO. The van der Waals surface area contributed by atoms with Crippen molar-refractivity contribution in [1.82, 2.24) is 0 Å². The molecule has 0 amide bonds. The van der Waals surface area contributed by atoms with E-state index in [9.17, 15) is 0 Å². The standard InChI is InChI=1S/C30H26BNO/c1-3-11-21(12-4-1)23-16-9-18-26-29(23)31-30-25(24-15-7-8-20-28(24)33-31)17-10-19-27(30)32(26)22-13-5-2-6-14-22/h2,5-10,13-21H,1,3-4,11-12H2. The molecule has 2 heterocycles. The van der Waals surface area contributed by atoms with Crippen LogP contribution in [0.2, 0.25) is 0 Å². The van der Waals surface area contributed by atoms with Crippen molar-refractivity contribution in [2.45, 2.75) is 38.0 Å². The van der Waals surface area contributed by atoms with Crippen molar-refractivity contribution in [3.8, 4) is 16.9 Å². The Morgan fingerprint density at radius 3 is 2.18 bits per heavy atom. The fourth-order valence-corrected chi connectivity index (χ4v) is 6.25. The monoisotopic (exact) mass is 427 g/mol. The third-order valence-corrected chi connectivity index (χ3v) is 7.69. The molecule has 3 heteroatoms. The van der Waals surface area contributed by atoms with Crippen molar-refractivity contribution in [3.63, 3.8) is 0 Å². The Labute approximate surface area is 196 Å². The highest BCUT2D eigenvalue weighted by Crippen LogP contribution is 2.44. The van der Waals surface area contributed by atoms with Crippen LogP contribution in [0.3, 0.4) is 0 Å². The molecule has 0 N–H and O–H groups in total. The summed E-state index contributed by atoms with van der Waals surface area (Å²) < 4.78 is 6.86. The molecule has 1 aliphatic carbocycles. The minimum Gasteiger partial charge on any atom is -0.551 e. The molecule has 4 aromatic carbocycles. The normalized spacial score (nSPS) is 16.5. The largest absolute Gasteiger partial charge is 0.551 e. The van der Waals surface area contributed by atoms with Gasteiger partial charge in [-0.05, 0) is 65.7 Å². The summed E-state index contributed by atoms with van der Waals surface area (Å²) in [6, 6.07) is 32.9. The van der Waals surface area contributed by atoms with Crippen LogP contribution in [0.25, 0.3) is 11.1 Å². The van der Waals surface area contributed by atoms with E-state index in [0.717, 1.165) is 5.75 Å². The zero-order valence-corrected chi connectivity index (χ0v) is 18.7. The van der Waals surface area contributed by atoms with Crippen LogP contribution >= 0.6 is 0 Å². The quantitative estimate of drug-likeness (QED) is 0.331. The number of benzene rings is 4. The van der Waals surface area contributed by atoms with Crippen LogP contribution < -0.4 is 20.5 Å². The minimum absolute atomic E-state index is 0.0702. The second kappa shape index (κ2) is 7.55. The predicted octanol–water partition coefficient (Wildman–Crippen LogP) is 6.68. The number of para-hydroxylation sites is 2. The molecule has 0 aromatic heterocycles. The highest BCUT2D eigenvalue weighted by Gasteiger charge is 2.44. The zero-order valence-electron chi connectivity index (χ0n) is 18.7. The highest BCUT2D eigenvalue weighted by atomic mass is 16.4. The van der Waals surface area contributed by atoms with Gasteiger partial charge in [0.05, 0.1) is 0 Å². The lowest BCUT2D eigenvalue weighted by atomic mass is 9.47. The van der Waals surface area contributed by atoms with E-state index in [4.69, 9.17) is 4.65 Å². The summed E-state index contributed by atoms with van der Waals surface area (Å²) in [5.74, 6) is 1.60. The average Bonchev–Trinajstić information content (AvgIpc) is 2.89. The van der Waals surface area contributed by atoms with E-state index < -0.39 is 0 Å². The molecule has 2 aliphatic heterocycles. The Morgan fingerprint density at radius 1 is 0.636 bits per heavy atom. The molecule has 7 rings (SSSR count). The molecule has 1 saturated carbocycles. The molecule has 0 bridgehead atoms. The van der Waals surface area contributed by atoms with Crippen molar-refractivity contribution in [3.05, 3.63) is 96.6 Å². The van der Waals surface area contributed by atoms with Crippen LogP contribution in [-0.2, 0) is 0 Å². The van der Waals surface area contributed by atoms with Gasteiger partial charge in [-0.1, -0.05) is 79.9 Å². The third-order valence-electron chi connectivity index (χ3n) is 7.69. The van der Waals surface area contributed by atoms with Gasteiger partial charge in [-0.3, -0.25) is 0 Å². The minimum atomic E-state index is -0.0702. The molecule has 3 aliphatic rings. The number of fused-ring (bicyclic) bond motifs is 4. The van der Waals surface area contributed by atoms with Gasteiger partial charge in [0.15, 0.2) is 0 Å². The first-order valence-electron chi connectivity index (χ1n) is 12.3. The average molecular weight is 427 g/mol. The number of nitrogens with zero attached hydrogens (tertiary/aromatic N) is 1. The Balaban J connectivity index is 1.53. The van der Waals surface area contributed by atoms with E-state index in [0.29, 0.717) is 5.92 Å². The van der Waals surface area contributed by atoms with Crippen molar-refractivity contribution >= 4 is 34.9 Å². The topological polar surface area (TPSA) is 12.5 Å². The SMILES string of the molecule is c1ccc(N2c3cccc4c3B(Oc3ccccc3-4)c3c(C4CCCCC4)cccc32)cc1. The molecule has 33 heavy (non-hydrogen) atoms. The van der Waals surface area contributed by atoms with Crippen LogP contribution in [0.5, 0.6) is 5.75 Å². The number of rotatable bonds is 2. The van der Waals surface area contributed by atoms with Crippen LogP contribution in [0, 0.1) is 0 Å². The van der Waals surface area contributed by atoms with Crippen LogP contribution in [0.1, 0.15) is 43.6 Å². The lowest BCUT2D eigenvalue weighted by molar-refractivity contribution is 0.444. The first-order chi connectivity index (χ1) is 16.4. The summed E-state index contributed by atoms with van der Waals surface area (Å²) >= 11 is 0. The van der Waals surface area contributed by atoms with E-state index in [1.807, 2.05) is 0 Å². The molecule has 0 saturated heterocycles. The van der Waals surface area contributed by atoms with Crippen LogP contribution in [-0.4, -0.2) is 6.92 Å². The Morgan fingerprint density at radius 2 is 1.33 bits per heavy atom.